The average molecular weight is 347 g/mol. The highest BCUT2D eigenvalue weighted by Crippen LogP contribution is 2.31. The Labute approximate surface area is 151 Å². The summed E-state index contributed by atoms with van der Waals surface area (Å²) in [5.41, 5.74) is 2.54. The molecule has 0 heterocycles. The Morgan fingerprint density at radius 3 is 1.72 bits per heavy atom. The van der Waals surface area contributed by atoms with Gasteiger partial charge in [0.1, 0.15) is 6.04 Å². The normalized spacial score (nSPS) is 14.1. The molecule has 3 aromatic carbocycles. The molecule has 0 saturated carbocycles. The molecule has 0 bridgehead atoms. The lowest BCUT2D eigenvalue weighted by Gasteiger charge is -2.10. The molecular formula is C22H24N2P+. The highest BCUT2D eigenvalue weighted by molar-refractivity contribution is 7.53. The van der Waals surface area contributed by atoms with Crippen LogP contribution in [0.5, 0.6) is 0 Å². The second-order valence-corrected chi connectivity index (χ2v) is 7.74. The Morgan fingerprint density at radius 1 is 0.680 bits per heavy atom. The van der Waals surface area contributed by atoms with E-state index in [4.69, 9.17) is 4.74 Å². The van der Waals surface area contributed by atoms with E-state index in [0.29, 0.717) is 0 Å². The Bertz CT molecular complexity index is 801. The van der Waals surface area contributed by atoms with Crippen LogP contribution in [0.25, 0.3) is 0 Å². The standard InChI is InChI=1S/C22H24N2P/c1-18(20-12-6-3-7-13-20)23-25(22-16-10-5-11-17-22)24-19(2)21-14-8-4-9-15-21/h3-19H,1-2H3,(H,23,24)/q+1. The quantitative estimate of drug-likeness (QED) is 0.543. The highest BCUT2D eigenvalue weighted by Gasteiger charge is 2.23. The van der Waals surface area contributed by atoms with Gasteiger partial charge >= 0.3 is 7.86 Å². The maximum Gasteiger partial charge on any atom is 0.333 e. The van der Waals surface area contributed by atoms with E-state index in [9.17, 15) is 0 Å². The van der Waals surface area contributed by atoms with E-state index in [1.165, 1.54) is 16.4 Å². The Kier molecular flexibility index (Phi) is 6.11. The molecule has 0 aromatic heterocycles. The van der Waals surface area contributed by atoms with Gasteiger partial charge in [0.05, 0.1) is 6.04 Å². The molecule has 0 aliphatic carbocycles. The van der Waals surface area contributed by atoms with Crippen LogP contribution in [0.1, 0.15) is 37.1 Å². The molecule has 0 radical (unpaired) electrons. The van der Waals surface area contributed by atoms with Gasteiger partial charge in [-0.05, 0) is 37.1 Å². The van der Waals surface area contributed by atoms with E-state index in [1.807, 2.05) is 6.07 Å². The molecule has 3 rings (SSSR count). The zero-order valence-electron chi connectivity index (χ0n) is 14.7. The third-order valence-electron chi connectivity index (χ3n) is 4.19. The Hall–Kier alpha value is -2.28. The molecule has 0 aliphatic heterocycles. The lowest BCUT2D eigenvalue weighted by atomic mass is 10.1. The predicted molar refractivity (Wildman–Crippen MR) is 108 cm³/mol. The van der Waals surface area contributed by atoms with Crippen molar-refractivity contribution in [1.82, 2.24) is 5.09 Å². The minimum Gasteiger partial charge on any atom is -0.114 e. The van der Waals surface area contributed by atoms with Crippen LogP contribution < -0.4 is 10.4 Å². The minimum atomic E-state index is -0.807. The van der Waals surface area contributed by atoms with E-state index in [0.717, 1.165) is 0 Å². The van der Waals surface area contributed by atoms with Gasteiger partial charge in [0.25, 0.3) is 0 Å². The topological polar surface area (TPSA) is 24.4 Å². The summed E-state index contributed by atoms with van der Waals surface area (Å²) in [7, 11) is -0.807. The molecule has 0 fully saturated rings. The highest BCUT2D eigenvalue weighted by atomic mass is 31.1. The van der Waals surface area contributed by atoms with E-state index < -0.39 is 7.86 Å². The zero-order chi connectivity index (χ0) is 17.5. The molecule has 0 spiro atoms. The summed E-state index contributed by atoms with van der Waals surface area (Å²) in [6, 6.07) is 32.0. The van der Waals surface area contributed by atoms with Crippen molar-refractivity contribution >= 4 is 13.2 Å². The van der Waals surface area contributed by atoms with Crippen molar-refractivity contribution in [1.29, 1.82) is 0 Å². The Morgan fingerprint density at radius 2 is 1.16 bits per heavy atom. The van der Waals surface area contributed by atoms with Crippen LogP contribution in [-0.2, 0) is 0 Å². The van der Waals surface area contributed by atoms with Gasteiger partial charge in [-0.15, -0.1) is 5.09 Å². The number of benzene rings is 3. The molecule has 0 aliphatic rings. The Balaban J connectivity index is 1.89. The van der Waals surface area contributed by atoms with Crippen molar-refractivity contribution in [2.75, 3.05) is 0 Å². The fraction of sp³-hybridized carbons (Fsp3) is 0.182. The summed E-state index contributed by atoms with van der Waals surface area (Å²) in [4.78, 5) is 0. The smallest absolute Gasteiger partial charge is 0.114 e. The number of nitrogens with zero attached hydrogens (tertiary/aromatic N) is 1. The lowest BCUT2D eigenvalue weighted by molar-refractivity contribution is 0.741. The first-order chi connectivity index (χ1) is 12.2. The summed E-state index contributed by atoms with van der Waals surface area (Å²) in [5.74, 6) is 0. The minimum absolute atomic E-state index is 0.156. The first kappa shape index (κ1) is 17.5. The fourth-order valence-electron chi connectivity index (χ4n) is 2.71. The summed E-state index contributed by atoms with van der Waals surface area (Å²) >= 11 is 0. The molecule has 0 amide bonds. The van der Waals surface area contributed by atoms with Crippen molar-refractivity contribution < 1.29 is 0 Å². The maximum atomic E-state index is 5.14. The summed E-state index contributed by atoms with van der Waals surface area (Å²) in [5, 5.41) is 5.00. The monoisotopic (exact) mass is 347 g/mol. The summed E-state index contributed by atoms with van der Waals surface area (Å²) in [6.07, 6.45) is 0. The zero-order valence-corrected chi connectivity index (χ0v) is 15.6. The SMILES string of the molecule is CC(N=[P+](NC(C)c1ccccc1)c1ccccc1)c1ccccc1. The number of hydrogen-bond acceptors (Lipinski definition) is 1. The first-order valence-electron chi connectivity index (χ1n) is 8.66. The van der Waals surface area contributed by atoms with Crippen molar-refractivity contribution in [2.45, 2.75) is 25.9 Å². The third-order valence-corrected chi connectivity index (χ3v) is 6.18. The van der Waals surface area contributed by atoms with Gasteiger partial charge in [0.2, 0.25) is 0 Å². The van der Waals surface area contributed by atoms with Crippen LogP contribution in [0.4, 0.5) is 0 Å². The van der Waals surface area contributed by atoms with Crippen LogP contribution in [0.15, 0.2) is 95.7 Å². The predicted octanol–water partition coefficient (Wildman–Crippen LogP) is 6.00. The van der Waals surface area contributed by atoms with Gasteiger partial charge in [-0.1, -0.05) is 83.6 Å². The molecule has 1 N–H and O–H groups in total. The van der Waals surface area contributed by atoms with Crippen LogP contribution in [0.2, 0.25) is 0 Å². The van der Waals surface area contributed by atoms with Gasteiger partial charge in [0, 0.05) is 0 Å². The van der Waals surface area contributed by atoms with Crippen molar-refractivity contribution in [2.24, 2.45) is 4.74 Å². The number of hydrogen-bond donors (Lipinski definition) is 1. The largest absolute Gasteiger partial charge is 0.333 e. The fourth-order valence-corrected chi connectivity index (χ4v) is 4.51. The molecule has 3 aromatic rings. The lowest BCUT2D eigenvalue weighted by Crippen LogP contribution is -2.15. The molecule has 2 nitrogen and oxygen atoms in total. The van der Waals surface area contributed by atoms with Crippen LogP contribution in [-0.4, -0.2) is 0 Å². The van der Waals surface area contributed by atoms with Crippen molar-refractivity contribution in [3.63, 3.8) is 0 Å². The maximum absolute atomic E-state index is 5.14. The summed E-state index contributed by atoms with van der Waals surface area (Å²) < 4.78 is 5.14. The molecule has 0 saturated heterocycles. The van der Waals surface area contributed by atoms with E-state index in [1.54, 1.807) is 0 Å². The summed E-state index contributed by atoms with van der Waals surface area (Å²) in [6.45, 7) is 4.37. The van der Waals surface area contributed by atoms with Gasteiger partial charge in [0.15, 0.2) is 5.30 Å². The molecule has 3 unspecified atom stereocenters. The number of rotatable bonds is 6. The molecule has 126 valence electrons. The van der Waals surface area contributed by atoms with Gasteiger partial charge in [-0.2, -0.15) is 0 Å². The third kappa shape index (κ3) is 4.85. The van der Waals surface area contributed by atoms with Gasteiger partial charge in [-0.25, -0.2) is 0 Å². The van der Waals surface area contributed by atoms with Crippen LogP contribution >= 0.6 is 7.86 Å². The first-order valence-corrected chi connectivity index (χ1v) is 9.95. The van der Waals surface area contributed by atoms with Crippen LogP contribution in [0, 0.1) is 0 Å². The van der Waals surface area contributed by atoms with Crippen molar-refractivity contribution in [3.8, 4) is 0 Å². The second kappa shape index (κ2) is 8.71. The molecule has 3 heteroatoms. The van der Waals surface area contributed by atoms with E-state index in [-0.39, 0.29) is 12.1 Å². The van der Waals surface area contributed by atoms with E-state index in [2.05, 4.69) is 104 Å². The average Bonchev–Trinajstić information content (AvgIpc) is 2.69. The number of nitrogens with one attached hydrogen (secondary N) is 1. The second-order valence-electron chi connectivity index (χ2n) is 6.11. The molecule has 25 heavy (non-hydrogen) atoms. The van der Waals surface area contributed by atoms with Crippen molar-refractivity contribution in [3.05, 3.63) is 102 Å². The molecular weight excluding hydrogens is 323 g/mol. The van der Waals surface area contributed by atoms with E-state index >= 15 is 0 Å². The van der Waals surface area contributed by atoms with Gasteiger partial charge in [-0.3, -0.25) is 0 Å². The van der Waals surface area contributed by atoms with Crippen LogP contribution in [0.3, 0.4) is 0 Å². The molecule has 3 atom stereocenters. The van der Waals surface area contributed by atoms with Gasteiger partial charge < -0.3 is 0 Å².